The molecule has 0 aliphatic carbocycles. The summed E-state index contributed by atoms with van der Waals surface area (Å²) in [4.78, 5) is 6.40. The van der Waals surface area contributed by atoms with Gasteiger partial charge in [-0.05, 0) is 24.1 Å². The molecule has 6 heteroatoms. The van der Waals surface area contributed by atoms with Crippen LogP contribution in [0.25, 0.3) is 0 Å². The molecule has 3 nitrogen and oxygen atoms in total. The Morgan fingerprint density at radius 1 is 1.32 bits per heavy atom. The second kappa shape index (κ2) is 4.43. The first kappa shape index (κ1) is 12.3. The number of alkyl halides is 3. The molecule has 2 heterocycles. The van der Waals surface area contributed by atoms with Gasteiger partial charge in [0.1, 0.15) is 0 Å². The highest BCUT2D eigenvalue weighted by atomic mass is 19.4. The number of hydrogen-bond donors (Lipinski definition) is 1. The zero-order chi connectivity index (χ0) is 13.5. The van der Waals surface area contributed by atoms with Crippen LogP contribution < -0.4 is 5.32 Å². The number of fused-ring (bicyclic) bond motifs is 1. The maximum atomic E-state index is 12.8. The van der Waals surface area contributed by atoms with E-state index in [9.17, 15) is 13.2 Å². The molecule has 1 saturated heterocycles. The standard InChI is InChI=1S/C13H14F3N3/c14-13(15,16)10-3-1-2-9(8-10)11-4-5-17-12-18-6-7-19(11)12/h1-3,8,11H,4-7H2,(H,17,18). The van der Waals surface area contributed by atoms with Crippen LogP contribution >= 0.6 is 0 Å². The molecule has 0 aromatic heterocycles. The monoisotopic (exact) mass is 269 g/mol. The molecule has 1 atom stereocenters. The highest BCUT2D eigenvalue weighted by Crippen LogP contribution is 2.34. The fourth-order valence-electron chi connectivity index (χ4n) is 2.66. The first-order chi connectivity index (χ1) is 9.05. The van der Waals surface area contributed by atoms with Crippen molar-refractivity contribution < 1.29 is 13.2 Å². The van der Waals surface area contributed by atoms with Crippen molar-refractivity contribution in [3.63, 3.8) is 0 Å². The van der Waals surface area contributed by atoms with Crippen molar-refractivity contribution >= 4 is 5.96 Å². The van der Waals surface area contributed by atoms with E-state index in [1.54, 1.807) is 6.07 Å². The average molecular weight is 269 g/mol. The molecule has 0 bridgehead atoms. The van der Waals surface area contributed by atoms with Crippen molar-refractivity contribution in [3.05, 3.63) is 35.4 Å². The Hall–Kier alpha value is -1.72. The van der Waals surface area contributed by atoms with Gasteiger partial charge in [0.05, 0.1) is 11.6 Å². The first-order valence-corrected chi connectivity index (χ1v) is 6.28. The van der Waals surface area contributed by atoms with E-state index < -0.39 is 11.7 Å². The van der Waals surface area contributed by atoms with Gasteiger partial charge < -0.3 is 10.2 Å². The summed E-state index contributed by atoms with van der Waals surface area (Å²) < 4.78 is 38.3. The lowest BCUT2D eigenvalue weighted by molar-refractivity contribution is -0.137. The molecule has 0 spiro atoms. The molecule has 0 amide bonds. The van der Waals surface area contributed by atoms with Crippen molar-refractivity contribution in [1.82, 2.24) is 10.2 Å². The number of halogens is 3. The Kier molecular flexibility index (Phi) is 2.88. The van der Waals surface area contributed by atoms with Gasteiger partial charge in [-0.3, -0.25) is 4.99 Å². The van der Waals surface area contributed by atoms with Gasteiger partial charge in [0.2, 0.25) is 0 Å². The van der Waals surface area contributed by atoms with E-state index in [0.717, 1.165) is 31.5 Å². The molecule has 2 aliphatic heterocycles. The number of nitrogens with one attached hydrogen (secondary N) is 1. The molecule has 2 aliphatic rings. The third-order valence-electron chi connectivity index (χ3n) is 3.55. The van der Waals surface area contributed by atoms with Crippen LogP contribution in [0.4, 0.5) is 13.2 Å². The van der Waals surface area contributed by atoms with E-state index in [1.165, 1.54) is 12.1 Å². The maximum absolute atomic E-state index is 12.8. The summed E-state index contributed by atoms with van der Waals surface area (Å²) in [5.41, 5.74) is 0.132. The summed E-state index contributed by atoms with van der Waals surface area (Å²) >= 11 is 0. The third-order valence-corrected chi connectivity index (χ3v) is 3.55. The zero-order valence-corrected chi connectivity index (χ0v) is 10.2. The van der Waals surface area contributed by atoms with Gasteiger partial charge in [0.15, 0.2) is 5.96 Å². The predicted octanol–water partition coefficient (Wildman–Crippen LogP) is 2.41. The topological polar surface area (TPSA) is 27.6 Å². The summed E-state index contributed by atoms with van der Waals surface area (Å²) in [6, 6.07) is 5.61. The SMILES string of the molecule is FC(F)(F)c1cccc(C2CCN=C3NCCN32)c1. The van der Waals surface area contributed by atoms with Crippen LogP contribution in [0.2, 0.25) is 0 Å². The number of guanidine groups is 1. The first-order valence-electron chi connectivity index (χ1n) is 6.28. The fraction of sp³-hybridized carbons (Fsp3) is 0.462. The van der Waals surface area contributed by atoms with Crippen molar-refractivity contribution in [1.29, 1.82) is 0 Å². The van der Waals surface area contributed by atoms with Crippen LogP contribution in [0.3, 0.4) is 0 Å². The number of nitrogens with zero attached hydrogens (tertiary/aromatic N) is 2. The lowest BCUT2D eigenvalue weighted by Crippen LogP contribution is -2.37. The summed E-state index contributed by atoms with van der Waals surface area (Å²) in [6.45, 7) is 2.24. The normalized spacial score (nSPS) is 22.8. The van der Waals surface area contributed by atoms with Gasteiger partial charge in [0, 0.05) is 19.6 Å². The predicted molar refractivity (Wildman–Crippen MR) is 65.8 cm³/mol. The number of benzene rings is 1. The maximum Gasteiger partial charge on any atom is 0.416 e. The van der Waals surface area contributed by atoms with Crippen LogP contribution in [0, 0.1) is 0 Å². The molecule has 3 rings (SSSR count). The van der Waals surface area contributed by atoms with E-state index >= 15 is 0 Å². The van der Waals surface area contributed by atoms with Crippen LogP contribution in [0.5, 0.6) is 0 Å². The smallest absolute Gasteiger partial charge is 0.354 e. The Bertz CT molecular complexity index is 510. The number of hydrogen-bond acceptors (Lipinski definition) is 3. The minimum atomic E-state index is -4.29. The van der Waals surface area contributed by atoms with E-state index in [4.69, 9.17) is 0 Å². The quantitative estimate of drug-likeness (QED) is 0.848. The molecule has 0 radical (unpaired) electrons. The summed E-state index contributed by atoms with van der Waals surface area (Å²) in [5, 5.41) is 3.16. The van der Waals surface area contributed by atoms with E-state index in [0.29, 0.717) is 12.1 Å². The molecule has 1 unspecified atom stereocenters. The van der Waals surface area contributed by atoms with Crippen molar-refractivity contribution in [2.75, 3.05) is 19.6 Å². The van der Waals surface area contributed by atoms with Crippen LogP contribution in [-0.2, 0) is 6.18 Å². The van der Waals surface area contributed by atoms with Crippen molar-refractivity contribution in [3.8, 4) is 0 Å². The van der Waals surface area contributed by atoms with Gasteiger partial charge in [-0.1, -0.05) is 12.1 Å². The minimum Gasteiger partial charge on any atom is -0.354 e. The summed E-state index contributed by atoms with van der Waals surface area (Å²) in [5.74, 6) is 0.814. The second-order valence-corrected chi connectivity index (χ2v) is 4.75. The Morgan fingerprint density at radius 3 is 2.95 bits per heavy atom. The van der Waals surface area contributed by atoms with E-state index in [-0.39, 0.29) is 6.04 Å². The van der Waals surface area contributed by atoms with Crippen molar-refractivity contribution in [2.45, 2.75) is 18.6 Å². The van der Waals surface area contributed by atoms with Crippen LogP contribution in [0.15, 0.2) is 29.3 Å². The van der Waals surface area contributed by atoms with Gasteiger partial charge in [-0.25, -0.2) is 0 Å². The van der Waals surface area contributed by atoms with E-state index in [1.807, 2.05) is 0 Å². The number of rotatable bonds is 1. The fourth-order valence-corrected chi connectivity index (χ4v) is 2.66. The largest absolute Gasteiger partial charge is 0.416 e. The lowest BCUT2D eigenvalue weighted by atomic mass is 9.99. The molecule has 102 valence electrons. The number of aliphatic imine (C=N–C) groups is 1. The zero-order valence-electron chi connectivity index (χ0n) is 10.2. The molecular weight excluding hydrogens is 255 g/mol. The average Bonchev–Trinajstić information content (AvgIpc) is 2.86. The lowest BCUT2D eigenvalue weighted by Gasteiger charge is -2.32. The molecular formula is C13H14F3N3. The summed E-state index contributed by atoms with van der Waals surface area (Å²) in [6.07, 6.45) is -3.53. The Balaban J connectivity index is 1.92. The van der Waals surface area contributed by atoms with Gasteiger partial charge in [0.25, 0.3) is 0 Å². The Labute approximate surface area is 109 Å². The Morgan fingerprint density at radius 2 is 2.16 bits per heavy atom. The molecule has 1 fully saturated rings. The van der Waals surface area contributed by atoms with Crippen molar-refractivity contribution in [2.24, 2.45) is 4.99 Å². The van der Waals surface area contributed by atoms with Gasteiger partial charge >= 0.3 is 6.18 Å². The second-order valence-electron chi connectivity index (χ2n) is 4.75. The highest BCUT2D eigenvalue weighted by molar-refractivity contribution is 5.82. The molecule has 1 N–H and O–H groups in total. The van der Waals surface area contributed by atoms with Gasteiger partial charge in [-0.2, -0.15) is 13.2 Å². The molecule has 19 heavy (non-hydrogen) atoms. The van der Waals surface area contributed by atoms with Crippen LogP contribution in [-0.4, -0.2) is 30.5 Å². The van der Waals surface area contributed by atoms with Gasteiger partial charge in [-0.15, -0.1) is 0 Å². The third kappa shape index (κ3) is 2.27. The highest BCUT2D eigenvalue weighted by Gasteiger charge is 2.34. The minimum absolute atomic E-state index is 0.00944. The molecule has 0 saturated carbocycles. The molecule has 1 aromatic carbocycles. The summed E-state index contributed by atoms with van der Waals surface area (Å²) in [7, 11) is 0. The van der Waals surface area contributed by atoms with E-state index in [2.05, 4.69) is 15.2 Å². The van der Waals surface area contributed by atoms with Crippen LogP contribution in [0.1, 0.15) is 23.6 Å². The molecule has 1 aromatic rings.